The summed E-state index contributed by atoms with van der Waals surface area (Å²) in [6.07, 6.45) is 4.17. The molecule has 31 heavy (non-hydrogen) atoms. The summed E-state index contributed by atoms with van der Waals surface area (Å²) in [4.78, 5) is 8.79. The van der Waals surface area contributed by atoms with Crippen molar-refractivity contribution in [3.05, 3.63) is 100 Å². The van der Waals surface area contributed by atoms with E-state index in [-0.39, 0.29) is 5.82 Å². The zero-order valence-corrected chi connectivity index (χ0v) is 17.8. The first-order chi connectivity index (χ1) is 15.1. The molecule has 0 bridgehead atoms. The van der Waals surface area contributed by atoms with E-state index in [0.29, 0.717) is 24.7 Å². The number of imidazole rings is 1. The molecule has 0 unspecified atom stereocenters. The molecule has 0 saturated heterocycles. The van der Waals surface area contributed by atoms with Crippen molar-refractivity contribution < 1.29 is 13.7 Å². The monoisotopic (exact) mass is 478 g/mol. The van der Waals surface area contributed by atoms with Crippen LogP contribution in [0.25, 0.3) is 17.0 Å². The van der Waals surface area contributed by atoms with Crippen molar-refractivity contribution in [2.45, 2.75) is 13.0 Å². The molecule has 154 valence electrons. The SMILES string of the molecule is Fc1ccc(COc2ccc(Cc3nc(-c4ccc5ncc(Br)n5c4)no3)cc2)cc1. The molecular formula is C23H16BrFN4O2. The summed E-state index contributed by atoms with van der Waals surface area (Å²) in [5, 5.41) is 4.10. The van der Waals surface area contributed by atoms with Crippen molar-refractivity contribution >= 4 is 21.6 Å². The summed E-state index contributed by atoms with van der Waals surface area (Å²) in [5.74, 6) is 1.53. The highest BCUT2D eigenvalue weighted by Crippen LogP contribution is 2.22. The minimum Gasteiger partial charge on any atom is -0.489 e. The Kier molecular flexibility index (Phi) is 5.21. The Labute approximate surface area is 185 Å². The van der Waals surface area contributed by atoms with E-state index in [1.807, 2.05) is 47.0 Å². The molecule has 3 aromatic heterocycles. The Morgan fingerprint density at radius 2 is 1.74 bits per heavy atom. The van der Waals surface area contributed by atoms with Crippen molar-refractivity contribution in [3.8, 4) is 17.1 Å². The van der Waals surface area contributed by atoms with Crippen LogP contribution >= 0.6 is 15.9 Å². The second kappa shape index (κ2) is 8.31. The fourth-order valence-corrected chi connectivity index (χ4v) is 3.54. The summed E-state index contributed by atoms with van der Waals surface area (Å²) in [5.41, 5.74) is 3.61. The van der Waals surface area contributed by atoms with Gasteiger partial charge < -0.3 is 9.26 Å². The number of fused-ring (bicyclic) bond motifs is 1. The molecule has 0 saturated carbocycles. The molecule has 0 radical (unpaired) electrons. The van der Waals surface area contributed by atoms with Gasteiger partial charge in [-0.25, -0.2) is 9.37 Å². The molecule has 0 spiro atoms. The third kappa shape index (κ3) is 4.34. The second-order valence-corrected chi connectivity index (χ2v) is 7.79. The van der Waals surface area contributed by atoms with Gasteiger partial charge in [-0.3, -0.25) is 4.40 Å². The van der Waals surface area contributed by atoms with Crippen LogP contribution in [0.5, 0.6) is 5.75 Å². The second-order valence-electron chi connectivity index (χ2n) is 6.97. The van der Waals surface area contributed by atoms with Crippen LogP contribution in [0, 0.1) is 5.82 Å². The molecule has 0 aliphatic rings. The Hall–Kier alpha value is -3.52. The first-order valence-corrected chi connectivity index (χ1v) is 10.3. The summed E-state index contributed by atoms with van der Waals surface area (Å²) in [6, 6.07) is 17.8. The Morgan fingerprint density at radius 1 is 0.968 bits per heavy atom. The number of ether oxygens (including phenoxy) is 1. The van der Waals surface area contributed by atoms with Gasteiger partial charge in [-0.15, -0.1) is 0 Å². The van der Waals surface area contributed by atoms with Crippen LogP contribution in [0.1, 0.15) is 17.0 Å². The zero-order chi connectivity index (χ0) is 21.2. The largest absolute Gasteiger partial charge is 0.489 e. The van der Waals surface area contributed by atoms with Crippen molar-refractivity contribution in [1.29, 1.82) is 0 Å². The number of rotatable bonds is 6. The van der Waals surface area contributed by atoms with Crippen molar-refractivity contribution in [2.75, 3.05) is 0 Å². The molecular weight excluding hydrogens is 463 g/mol. The molecule has 8 heteroatoms. The van der Waals surface area contributed by atoms with Crippen LogP contribution in [0.3, 0.4) is 0 Å². The lowest BCUT2D eigenvalue weighted by molar-refractivity contribution is 0.306. The summed E-state index contributed by atoms with van der Waals surface area (Å²) in [6.45, 7) is 0.379. The number of nitrogens with zero attached hydrogens (tertiary/aromatic N) is 4. The summed E-state index contributed by atoms with van der Waals surface area (Å²) in [7, 11) is 0. The van der Waals surface area contributed by atoms with E-state index < -0.39 is 0 Å². The van der Waals surface area contributed by atoms with Gasteiger partial charge >= 0.3 is 0 Å². The highest BCUT2D eigenvalue weighted by Gasteiger charge is 2.11. The number of aromatic nitrogens is 4. The normalized spacial score (nSPS) is 11.2. The van der Waals surface area contributed by atoms with E-state index in [2.05, 4.69) is 31.1 Å². The van der Waals surface area contributed by atoms with E-state index >= 15 is 0 Å². The van der Waals surface area contributed by atoms with Crippen LogP contribution in [0.15, 0.2) is 82.2 Å². The number of halogens is 2. The Balaban J connectivity index is 1.24. The lowest BCUT2D eigenvalue weighted by Gasteiger charge is -2.07. The predicted molar refractivity (Wildman–Crippen MR) is 116 cm³/mol. The van der Waals surface area contributed by atoms with Gasteiger partial charge in [-0.1, -0.05) is 29.4 Å². The van der Waals surface area contributed by atoms with Gasteiger partial charge in [0.05, 0.1) is 12.6 Å². The molecule has 0 atom stereocenters. The van der Waals surface area contributed by atoms with Gasteiger partial charge in [0.2, 0.25) is 11.7 Å². The van der Waals surface area contributed by atoms with Crippen molar-refractivity contribution in [3.63, 3.8) is 0 Å². The van der Waals surface area contributed by atoms with E-state index in [1.165, 1.54) is 12.1 Å². The highest BCUT2D eigenvalue weighted by atomic mass is 79.9. The fourth-order valence-electron chi connectivity index (χ4n) is 3.15. The first kappa shape index (κ1) is 19.4. The molecule has 0 amide bonds. The van der Waals surface area contributed by atoms with E-state index in [9.17, 15) is 4.39 Å². The number of pyridine rings is 1. The van der Waals surface area contributed by atoms with Gasteiger partial charge in [0.1, 0.15) is 28.4 Å². The van der Waals surface area contributed by atoms with Crippen LogP contribution in [-0.2, 0) is 13.0 Å². The molecule has 5 aromatic rings. The smallest absolute Gasteiger partial charge is 0.231 e. The van der Waals surface area contributed by atoms with Gasteiger partial charge in [0.25, 0.3) is 0 Å². The maximum atomic E-state index is 13.0. The average molecular weight is 479 g/mol. The van der Waals surface area contributed by atoms with Gasteiger partial charge in [0, 0.05) is 11.8 Å². The number of benzene rings is 2. The van der Waals surface area contributed by atoms with Crippen molar-refractivity contribution in [1.82, 2.24) is 19.5 Å². The molecule has 0 N–H and O–H groups in total. The van der Waals surface area contributed by atoms with Gasteiger partial charge in [0.15, 0.2) is 0 Å². The summed E-state index contributed by atoms with van der Waals surface area (Å²) >= 11 is 3.47. The van der Waals surface area contributed by atoms with Crippen LogP contribution in [0.2, 0.25) is 0 Å². The molecule has 3 heterocycles. The van der Waals surface area contributed by atoms with Crippen LogP contribution < -0.4 is 4.74 Å². The molecule has 6 nitrogen and oxygen atoms in total. The Morgan fingerprint density at radius 3 is 2.55 bits per heavy atom. The van der Waals surface area contributed by atoms with Gasteiger partial charge in [-0.05, 0) is 63.5 Å². The lowest BCUT2D eigenvalue weighted by Crippen LogP contribution is -1.96. The van der Waals surface area contributed by atoms with Crippen molar-refractivity contribution in [2.24, 2.45) is 0 Å². The minimum atomic E-state index is -0.257. The minimum absolute atomic E-state index is 0.257. The van der Waals surface area contributed by atoms with E-state index in [1.54, 1.807) is 18.3 Å². The summed E-state index contributed by atoms with van der Waals surface area (Å²) < 4.78 is 26.9. The fraction of sp³-hybridized carbons (Fsp3) is 0.0870. The van der Waals surface area contributed by atoms with Gasteiger partial charge in [-0.2, -0.15) is 4.98 Å². The molecule has 5 rings (SSSR count). The third-order valence-electron chi connectivity index (χ3n) is 4.78. The van der Waals surface area contributed by atoms with E-state index in [4.69, 9.17) is 9.26 Å². The maximum Gasteiger partial charge on any atom is 0.231 e. The predicted octanol–water partition coefficient (Wildman–Crippen LogP) is 5.46. The third-order valence-corrected chi connectivity index (χ3v) is 5.37. The lowest BCUT2D eigenvalue weighted by atomic mass is 10.1. The molecule has 0 fully saturated rings. The molecule has 0 aliphatic carbocycles. The molecule has 2 aromatic carbocycles. The maximum absolute atomic E-state index is 13.0. The zero-order valence-electron chi connectivity index (χ0n) is 16.2. The van der Waals surface area contributed by atoms with Crippen LogP contribution in [0.4, 0.5) is 4.39 Å². The van der Waals surface area contributed by atoms with Crippen LogP contribution in [-0.4, -0.2) is 19.5 Å². The molecule has 0 aliphatic heterocycles. The number of hydrogen-bond acceptors (Lipinski definition) is 5. The first-order valence-electron chi connectivity index (χ1n) is 9.56. The quantitative estimate of drug-likeness (QED) is 0.324. The standard InChI is InChI=1S/C23H16BrFN4O2/c24-20-12-26-21-10-5-17(13-29(20)21)23-27-22(31-28-23)11-15-3-8-19(9-4-15)30-14-16-1-6-18(25)7-2-16/h1-10,12-13H,11,14H2. The highest BCUT2D eigenvalue weighted by molar-refractivity contribution is 9.10. The average Bonchev–Trinajstić information content (AvgIpc) is 3.41. The van der Waals surface area contributed by atoms with E-state index in [0.717, 1.165) is 32.7 Å². The Bertz CT molecular complexity index is 1330. The number of hydrogen-bond donors (Lipinski definition) is 0. The topological polar surface area (TPSA) is 65.5 Å².